The number of hydrogen-bond acceptors (Lipinski definition) is 7. The molecule has 0 fully saturated rings. The number of hydrazone groups is 1. The average Bonchev–Trinajstić information content (AvgIpc) is 3.47. The Bertz CT molecular complexity index is 1300. The quantitative estimate of drug-likeness (QED) is 0.565. The molecule has 10 heteroatoms. The number of furan rings is 1. The standard InChI is InChI=1S/C23H23N3O6S/c1-30-20-10-5-9-17(22(20)31-2)19-14-18(24-26(19)23(27)21-11-6-12-32-21)15-7-4-8-16(13-15)25-33(3,28)29/h4-13,19,25H,14H2,1-3H3. The summed E-state index contributed by atoms with van der Waals surface area (Å²) in [6.45, 7) is 0. The molecule has 0 radical (unpaired) electrons. The van der Waals surface area contributed by atoms with Gasteiger partial charge in [0.1, 0.15) is 0 Å². The lowest BCUT2D eigenvalue weighted by Crippen LogP contribution is -2.27. The zero-order valence-electron chi connectivity index (χ0n) is 18.3. The Labute approximate surface area is 191 Å². The molecule has 3 aromatic rings. The van der Waals surface area contributed by atoms with E-state index >= 15 is 0 Å². The minimum Gasteiger partial charge on any atom is -0.493 e. The van der Waals surface area contributed by atoms with E-state index in [4.69, 9.17) is 13.9 Å². The fraction of sp³-hybridized carbons (Fsp3) is 0.217. The third-order valence-corrected chi connectivity index (χ3v) is 5.75. The van der Waals surface area contributed by atoms with E-state index in [0.29, 0.717) is 34.9 Å². The lowest BCUT2D eigenvalue weighted by atomic mass is 9.97. The van der Waals surface area contributed by atoms with Crippen molar-refractivity contribution in [3.8, 4) is 11.5 Å². The molecule has 1 aliphatic heterocycles. The molecule has 1 N–H and O–H groups in total. The van der Waals surface area contributed by atoms with Crippen LogP contribution in [0.25, 0.3) is 0 Å². The number of carbonyl (C=O) groups is 1. The highest BCUT2D eigenvalue weighted by atomic mass is 32.2. The zero-order valence-corrected chi connectivity index (χ0v) is 19.1. The van der Waals surface area contributed by atoms with Crippen molar-refractivity contribution < 1.29 is 27.1 Å². The summed E-state index contributed by atoms with van der Waals surface area (Å²) in [6, 6.07) is 15.0. The molecule has 9 nitrogen and oxygen atoms in total. The number of nitrogens with zero attached hydrogens (tertiary/aromatic N) is 2. The number of nitrogens with one attached hydrogen (secondary N) is 1. The van der Waals surface area contributed by atoms with Crippen LogP contribution < -0.4 is 14.2 Å². The zero-order chi connectivity index (χ0) is 23.6. The molecule has 0 saturated carbocycles. The minimum atomic E-state index is -3.44. The minimum absolute atomic E-state index is 0.152. The number of hydrogen-bond donors (Lipinski definition) is 1. The van der Waals surface area contributed by atoms with Crippen LogP contribution in [-0.2, 0) is 10.0 Å². The molecule has 172 valence electrons. The number of para-hydroxylation sites is 1. The number of sulfonamides is 1. The summed E-state index contributed by atoms with van der Waals surface area (Å²) in [4.78, 5) is 13.2. The molecule has 33 heavy (non-hydrogen) atoms. The van der Waals surface area contributed by atoms with Gasteiger partial charge in [0.2, 0.25) is 10.0 Å². The van der Waals surface area contributed by atoms with Crippen molar-refractivity contribution in [2.24, 2.45) is 5.10 Å². The van der Waals surface area contributed by atoms with Crippen LogP contribution in [0.4, 0.5) is 5.69 Å². The van der Waals surface area contributed by atoms with Gasteiger partial charge in [-0.3, -0.25) is 9.52 Å². The molecule has 0 spiro atoms. The first-order chi connectivity index (χ1) is 15.8. The number of anilines is 1. The van der Waals surface area contributed by atoms with Gasteiger partial charge in [-0.2, -0.15) is 5.10 Å². The molecule has 0 aliphatic carbocycles. The smallest absolute Gasteiger partial charge is 0.310 e. The number of methoxy groups -OCH3 is 2. The number of amides is 1. The number of benzene rings is 2. The Kier molecular flexibility index (Phi) is 6.10. The molecule has 1 amide bonds. The molecular weight excluding hydrogens is 446 g/mol. The summed E-state index contributed by atoms with van der Waals surface area (Å²) < 4.78 is 42.1. The van der Waals surface area contributed by atoms with E-state index in [1.54, 1.807) is 43.5 Å². The third-order valence-electron chi connectivity index (χ3n) is 5.14. The summed E-state index contributed by atoms with van der Waals surface area (Å²) in [6.07, 6.45) is 2.88. The van der Waals surface area contributed by atoms with E-state index in [2.05, 4.69) is 9.82 Å². The van der Waals surface area contributed by atoms with Gasteiger partial charge in [0, 0.05) is 17.7 Å². The molecule has 2 heterocycles. The molecule has 1 atom stereocenters. The topological polar surface area (TPSA) is 110 Å². The molecule has 1 aliphatic rings. The van der Waals surface area contributed by atoms with Crippen LogP contribution in [0.5, 0.6) is 11.5 Å². The highest BCUT2D eigenvalue weighted by molar-refractivity contribution is 7.92. The Morgan fingerprint density at radius 1 is 1.12 bits per heavy atom. The van der Waals surface area contributed by atoms with Crippen molar-refractivity contribution >= 4 is 27.3 Å². The van der Waals surface area contributed by atoms with Crippen LogP contribution >= 0.6 is 0 Å². The SMILES string of the molecule is COc1cccc(C2CC(c3cccc(NS(C)(=O)=O)c3)=NN2C(=O)c2ccco2)c1OC. The second-order valence-corrected chi connectivity index (χ2v) is 9.18. The van der Waals surface area contributed by atoms with Gasteiger partial charge in [-0.15, -0.1) is 0 Å². The van der Waals surface area contributed by atoms with E-state index in [9.17, 15) is 13.2 Å². The molecule has 0 bridgehead atoms. The summed E-state index contributed by atoms with van der Waals surface area (Å²) >= 11 is 0. The fourth-order valence-corrected chi connectivity index (χ4v) is 4.33. The van der Waals surface area contributed by atoms with Crippen molar-refractivity contribution in [1.29, 1.82) is 0 Å². The molecular formula is C23H23N3O6S. The monoisotopic (exact) mass is 469 g/mol. The second kappa shape index (κ2) is 8.99. The number of ether oxygens (including phenoxy) is 2. The van der Waals surface area contributed by atoms with Gasteiger partial charge in [-0.05, 0) is 35.9 Å². The Hall–Kier alpha value is -3.79. The van der Waals surface area contributed by atoms with Gasteiger partial charge in [0.25, 0.3) is 0 Å². The summed E-state index contributed by atoms with van der Waals surface area (Å²) in [5.41, 5.74) is 2.43. The van der Waals surface area contributed by atoms with Crippen LogP contribution in [-0.4, -0.2) is 45.5 Å². The van der Waals surface area contributed by atoms with Gasteiger partial charge in [-0.1, -0.05) is 24.3 Å². The van der Waals surface area contributed by atoms with Gasteiger partial charge in [0.05, 0.1) is 38.5 Å². The molecule has 4 rings (SSSR count). The Morgan fingerprint density at radius 3 is 2.58 bits per heavy atom. The first-order valence-corrected chi connectivity index (χ1v) is 11.9. The van der Waals surface area contributed by atoms with Crippen molar-refractivity contribution in [3.63, 3.8) is 0 Å². The van der Waals surface area contributed by atoms with E-state index < -0.39 is 22.0 Å². The van der Waals surface area contributed by atoms with Crippen molar-refractivity contribution in [1.82, 2.24) is 5.01 Å². The molecule has 2 aromatic carbocycles. The van der Waals surface area contributed by atoms with E-state index in [0.717, 1.165) is 11.8 Å². The molecule has 1 aromatic heterocycles. The lowest BCUT2D eigenvalue weighted by Gasteiger charge is -2.23. The first kappa shape index (κ1) is 22.4. The van der Waals surface area contributed by atoms with E-state index in [1.807, 2.05) is 18.2 Å². The highest BCUT2D eigenvalue weighted by Crippen LogP contribution is 2.42. The Balaban J connectivity index is 1.77. The maximum absolute atomic E-state index is 13.2. The molecule has 0 saturated heterocycles. The fourth-order valence-electron chi connectivity index (χ4n) is 3.78. The van der Waals surface area contributed by atoms with E-state index in [-0.39, 0.29) is 5.76 Å². The lowest BCUT2D eigenvalue weighted by molar-refractivity contribution is 0.0676. The highest BCUT2D eigenvalue weighted by Gasteiger charge is 2.37. The van der Waals surface area contributed by atoms with E-state index in [1.165, 1.54) is 18.4 Å². The third kappa shape index (κ3) is 4.70. The predicted molar refractivity (Wildman–Crippen MR) is 123 cm³/mol. The number of carbonyl (C=O) groups excluding carboxylic acids is 1. The summed E-state index contributed by atoms with van der Waals surface area (Å²) in [5.74, 6) is 0.786. The second-order valence-electron chi connectivity index (χ2n) is 7.43. The van der Waals surface area contributed by atoms with Crippen LogP contribution in [0.3, 0.4) is 0 Å². The van der Waals surface area contributed by atoms with Gasteiger partial charge in [0.15, 0.2) is 17.3 Å². The summed E-state index contributed by atoms with van der Waals surface area (Å²) in [5, 5.41) is 5.97. The van der Waals surface area contributed by atoms with Crippen LogP contribution in [0, 0.1) is 0 Å². The predicted octanol–water partition coefficient (Wildman–Crippen LogP) is 3.66. The largest absolute Gasteiger partial charge is 0.493 e. The normalized spacial score (nSPS) is 15.8. The van der Waals surface area contributed by atoms with Gasteiger partial charge >= 0.3 is 5.91 Å². The number of rotatable bonds is 7. The first-order valence-electron chi connectivity index (χ1n) is 10.0. The molecule has 1 unspecified atom stereocenters. The van der Waals surface area contributed by atoms with Gasteiger partial charge in [-0.25, -0.2) is 13.4 Å². The van der Waals surface area contributed by atoms with Crippen LogP contribution in [0.1, 0.15) is 34.1 Å². The summed E-state index contributed by atoms with van der Waals surface area (Å²) in [7, 11) is -0.354. The average molecular weight is 470 g/mol. The van der Waals surface area contributed by atoms with Crippen molar-refractivity contribution in [2.45, 2.75) is 12.5 Å². The van der Waals surface area contributed by atoms with Crippen molar-refractivity contribution in [3.05, 3.63) is 77.7 Å². The maximum Gasteiger partial charge on any atom is 0.310 e. The Morgan fingerprint density at radius 2 is 1.91 bits per heavy atom. The van der Waals surface area contributed by atoms with Gasteiger partial charge < -0.3 is 13.9 Å². The van der Waals surface area contributed by atoms with Crippen LogP contribution in [0.2, 0.25) is 0 Å². The van der Waals surface area contributed by atoms with Crippen molar-refractivity contribution in [2.75, 3.05) is 25.2 Å². The maximum atomic E-state index is 13.2. The van der Waals surface area contributed by atoms with Crippen LogP contribution in [0.15, 0.2) is 70.4 Å².